The van der Waals surface area contributed by atoms with Gasteiger partial charge in [-0.25, -0.2) is 0 Å². The molecule has 0 aromatic rings. The van der Waals surface area contributed by atoms with Crippen molar-refractivity contribution in [3.63, 3.8) is 0 Å². The number of allylic oxidation sites excluding steroid dienone is 2. The molecule has 4 atom stereocenters. The Morgan fingerprint density at radius 2 is 1.57 bits per heavy atom. The Morgan fingerprint density at radius 3 is 2.13 bits per heavy atom. The SMILES string of the molecule is CC(C)[C@H]1CC[C@@H](C)C[C@H]1C=C[C@@](C)(C(C)C)C1CCCCC1. The summed E-state index contributed by atoms with van der Waals surface area (Å²) in [6, 6.07) is 0. The predicted molar refractivity (Wildman–Crippen MR) is 103 cm³/mol. The largest absolute Gasteiger partial charge is 0.0846 e. The molecule has 0 heterocycles. The summed E-state index contributed by atoms with van der Waals surface area (Å²) < 4.78 is 0. The van der Waals surface area contributed by atoms with E-state index in [1.807, 2.05) is 0 Å². The van der Waals surface area contributed by atoms with Gasteiger partial charge in [0.25, 0.3) is 0 Å². The van der Waals surface area contributed by atoms with Crippen LogP contribution < -0.4 is 0 Å². The lowest BCUT2D eigenvalue weighted by atomic mass is 9.63. The maximum atomic E-state index is 2.69. The molecule has 0 aromatic carbocycles. The van der Waals surface area contributed by atoms with Crippen LogP contribution >= 0.6 is 0 Å². The molecule has 2 aliphatic rings. The van der Waals surface area contributed by atoms with Gasteiger partial charge in [0.2, 0.25) is 0 Å². The maximum Gasteiger partial charge on any atom is -0.00952 e. The summed E-state index contributed by atoms with van der Waals surface area (Å²) in [5.41, 5.74) is 0.405. The smallest absolute Gasteiger partial charge is 0.00952 e. The minimum Gasteiger partial charge on any atom is -0.0846 e. The first-order valence-corrected chi connectivity index (χ1v) is 10.5. The molecule has 0 radical (unpaired) electrons. The second kappa shape index (κ2) is 8.21. The van der Waals surface area contributed by atoms with Gasteiger partial charge < -0.3 is 0 Å². The van der Waals surface area contributed by atoms with E-state index in [1.54, 1.807) is 0 Å². The number of hydrogen-bond acceptors (Lipinski definition) is 0. The van der Waals surface area contributed by atoms with E-state index in [0.717, 1.165) is 35.5 Å². The molecule has 0 N–H and O–H groups in total. The summed E-state index contributed by atoms with van der Waals surface area (Å²) in [4.78, 5) is 0. The zero-order valence-electron chi connectivity index (χ0n) is 16.8. The summed E-state index contributed by atoms with van der Waals surface area (Å²) >= 11 is 0. The molecule has 0 heteroatoms. The molecule has 0 bridgehead atoms. The first-order chi connectivity index (χ1) is 10.8. The van der Waals surface area contributed by atoms with Crippen LogP contribution in [0.2, 0.25) is 0 Å². The van der Waals surface area contributed by atoms with Crippen LogP contribution in [0.4, 0.5) is 0 Å². The molecule has 2 saturated carbocycles. The average molecular weight is 319 g/mol. The molecule has 2 fully saturated rings. The molecule has 0 nitrogen and oxygen atoms in total. The van der Waals surface area contributed by atoms with Crippen LogP contribution in [0.3, 0.4) is 0 Å². The molecule has 2 aliphatic carbocycles. The Balaban J connectivity index is 2.14. The second-order valence-electron chi connectivity index (χ2n) is 9.70. The summed E-state index contributed by atoms with van der Waals surface area (Å²) in [6.07, 6.45) is 16.9. The molecule has 0 spiro atoms. The molecule has 134 valence electrons. The quantitative estimate of drug-likeness (QED) is 0.460. The fourth-order valence-electron chi connectivity index (χ4n) is 5.35. The van der Waals surface area contributed by atoms with Crippen LogP contribution in [0.1, 0.15) is 92.9 Å². The molecule has 0 saturated heterocycles. The normalized spacial score (nSPS) is 33.5. The molecular weight excluding hydrogens is 276 g/mol. The van der Waals surface area contributed by atoms with E-state index in [0.29, 0.717) is 5.41 Å². The molecule has 23 heavy (non-hydrogen) atoms. The van der Waals surface area contributed by atoms with Crippen molar-refractivity contribution < 1.29 is 0 Å². The first kappa shape index (κ1) is 19.1. The highest BCUT2D eigenvalue weighted by Gasteiger charge is 2.36. The van der Waals surface area contributed by atoms with Crippen molar-refractivity contribution in [1.29, 1.82) is 0 Å². The third-order valence-electron chi connectivity index (χ3n) is 7.50. The highest BCUT2D eigenvalue weighted by molar-refractivity contribution is 5.06. The molecule has 0 aromatic heterocycles. The van der Waals surface area contributed by atoms with E-state index in [4.69, 9.17) is 0 Å². The van der Waals surface area contributed by atoms with Gasteiger partial charge in [-0.1, -0.05) is 79.4 Å². The topological polar surface area (TPSA) is 0 Å². The monoisotopic (exact) mass is 318 g/mol. The zero-order valence-corrected chi connectivity index (χ0v) is 16.8. The van der Waals surface area contributed by atoms with E-state index in [1.165, 1.54) is 51.4 Å². The lowest BCUT2D eigenvalue weighted by Gasteiger charge is -2.42. The van der Waals surface area contributed by atoms with Gasteiger partial charge in [-0.2, -0.15) is 0 Å². The van der Waals surface area contributed by atoms with Gasteiger partial charge >= 0.3 is 0 Å². The highest BCUT2D eigenvalue weighted by atomic mass is 14.4. The van der Waals surface area contributed by atoms with E-state index in [9.17, 15) is 0 Å². The maximum absolute atomic E-state index is 2.69. The third-order valence-corrected chi connectivity index (χ3v) is 7.50. The fraction of sp³-hybridized carbons (Fsp3) is 0.913. The van der Waals surface area contributed by atoms with E-state index in [-0.39, 0.29) is 0 Å². The van der Waals surface area contributed by atoms with Crippen LogP contribution in [0.5, 0.6) is 0 Å². The standard InChI is InChI=1S/C23H42/c1-17(2)22-13-12-19(5)16-20(22)14-15-23(6,18(3)4)21-10-8-7-9-11-21/h14-15,17-22H,7-13,16H2,1-6H3/t19-,20-,22-,23+/m1/s1. The van der Waals surface area contributed by atoms with Gasteiger partial charge in [-0.15, -0.1) is 0 Å². The van der Waals surface area contributed by atoms with Crippen molar-refractivity contribution in [3.8, 4) is 0 Å². The third kappa shape index (κ3) is 4.64. The number of rotatable bonds is 5. The zero-order chi connectivity index (χ0) is 17.0. The van der Waals surface area contributed by atoms with Crippen LogP contribution in [0, 0.1) is 40.9 Å². The lowest BCUT2D eigenvalue weighted by Crippen LogP contribution is -2.33. The summed E-state index contributed by atoms with van der Waals surface area (Å²) in [6.45, 7) is 14.8. The Kier molecular flexibility index (Phi) is 6.81. The van der Waals surface area contributed by atoms with E-state index >= 15 is 0 Å². The molecule has 0 aliphatic heterocycles. The molecule has 0 amide bonds. The summed E-state index contributed by atoms with van der Waals surface area (Å²) in [5.74, 6) is 5.13. The Bertz CT molecular complexity index is 371. The minimum absolute atomic E-state index is 0.405. The Morgan fingerprint density at radius 1 is 0.913 bits per heavy atom. The van der Waals surface area contributed by atoms with Crippen molar-refractivity contribution in [3.05, 3.63) is 12.2 Å². The van der Waals surface area contributed by atoms with Gasteiger partial charge in [0.1, 0.15) is 0 Å². The molecular formula is C23H42. The van der Waals surface area contributed by atoms with E-state index in [2.05, 4.69) is 53.7 Å². The van der Waals surface area contributed by atoms with Crippen LogP contribution in [-0.2, 0) is 0 Å². The van der Waals surface area contributed by atoms with Gasteiger partial charge in [-0.3, -0.25) is 0 Å². The molecule has 0 unspecified atom stereocenters. The van der Waals surface area contributed by atoms with Crippen molar-refractivity contribution in [1.82, 2.24) is 0 Å². The molecule has 2 rings (SSSR count). The van der Waals surface area contributed by atoms with Gasteiger partial charge in [0.15, 0.2) is 0 Å². The predicted octanol–water partition coefficient (Wildman–Crippen LogP) is 7.49. The Hall–Kier alpha value is -0.260. The number of hydrogen-bond donors (Lipinski definition) is 0. The van der Waals surface area contributed by atoms with Crippen molar-refractivity contribution in [2.24, 2.45) is 40.9 Å². The van der Waals surface area contributed by atoms with Crippen molar-refractivity contribution in [2.75, 3.05) is 0 Å². The van der Waals surface area contributed by atoms with Crippen molar-refractivity contribution >= 4 is 0 Å². The fourth-order valence-corrected chi connectivity index (χ4v) is 5.35. The minimum atomic E-state index is 0.405. The summed E-state index contributed by atoms with van der Waals surface area (Å²) in [5, 5.41) is 0. The van der Waals surface area contributed by atoms with E-state index < -0.39 is 0 Å². The Labute approximate surface area is 146 Å². The summed E-state index contributed by atoms with van der Waals surface area (Å²) in [7, 11) is 0. The van der Waals surface area contributed by atoms with Gasteiger partial charge in [0, 0.05) is 0 Å². The second-order valence-corrected chi connectivity index (χ2v) is 9.70. The van der Waals surface area contributed by atoms with Crippen LogP contribution in [0.15, 0.2) is 12.2 Å². The first-order valence-electron chi connectivity index (χ1n) is 10.5. The highest BCUT2D eigenvalue weighted by Crippen LogP contribution is 2.46. The lowest BCUT2D eigenvalue weighted by molar-refractivity contribution is 0.130. The van der Waals surface area contributed by atoms with Crippen LogP contribution in [-0.4, -0.2) is 0 Å². The van der Waals surface area contributed by atoms with Gasteiger partial charge in [0.05, 0.1) is 0 Å². The van der Waals surface area contributed by atoms with Gasteiger partial charge in [-0.05, 0) is 66.6 Å². The van der Waals surface area contributed by atoms with Crippen LogP contribution in [0.25, 0.3) is 0 Å². The average Bonchev–Trinajstić information content (AvgIpc) is 2.53. The van der Waals surface area contributed by atoms with Crippen molar-refractivity contribution in [2.45, 2.75) is 92.9 Å².